The molecule has 0 spiro atoms. The van der Waals surface area contributed by atoms with Crippen molar-refractivity contribution in [2.45, 2.75) is 11.2 Å². The van der Waals surface area contributed by atoms with E-state index >= 15 is 0 Å². The van der Waals surface area contributed by atoms with E-state index in [1.807, 2.05) is 47.9 Å². The van der Waals surface area contributed by atoms with Gasteiger partial charge in [-0.1, -0.05) is 46.3 Å². The summed E-state index contributed by atoms with van der Waals surface area (Å²) in [5, 5.41) is 3.94. The first-order valence-electron chi connectivity index (χ1n) is 7.98. The Morgan fingerprint density at radius 2 is 2.16 bits per heavy atom. The van der Waals surface area contributed by atoms with Gasteiger partial charge in [-0.2, -0.15) is 0 Å². The fourth-order valence-corrected chi connectivity index (χ4v) is 4.19. The molecule has 1 atom stereocenters. The summed E-state index contributed by atoms with van der Waals surface area (Å²) < 4.78 is 0. The number of fused-ring (bicyclic) bond motifs is 1. The minimum absolute atomic E-state index is 0.0560. The molecule has 1 aliphatic carbocycles. The molecule has 25 heavy (non-hydrogen) atoms. The largest absolute Gasteiger partial charge is 0.322 e. The summed E-state index contributed by atoms with van der Waals surface area (Å²) in [7, 11) is 0. The SMILES string of the molecule is O=c1[nH]c2c(c(/C=C/c3ccccn3)c1-c1cccs1)=CC(Br)CC=2. The van der Waals surface area contributed by atoms with E-state index in [0.717, 1.165) is 33.1 Å². The number of nitrogens with one attached hydrogen (secondary N) is 1. The van der Waals surface area contributed by atoms with Gasteiger partial charge in [0.2, 0.25) is 0 Å². The number of aromatic nitrogens is 2. The summed E-state index contributed by atoms with van der Waals surface area (Å²) >= 11 is 5.24. The molecule has 0 fully saturated rings. The second-order valence-corrected chi connectivity index (χ2v) is 7.88. The van der Waals surface area contributed by atoms with Gasteiger partial charge >= 0.3 is 0 Å². The lowest BCUT2D eigenvalue weighted by molar-refractivity contribution is 1.08. The van der Waals surface area contributed by atoms with Gasteiger partial charge in [-0.25, -0.2) is 0 Å². The summed E-state index contributed by atoms with van der Waals surface area (Å²) in [6.07, 6.45) is 10.8. The molecule has 124 valence electrons. The summed E-state index contributed by atoms with van der Waals surface area (Å²) in [6.45, 7) is 0. The van der Waals surface area contributed by atoms with E-state index in [9.17, 15) is 4.79 Å². The molecule has 3 heterocycles. The number of aromatic amines is 1. The number of rotatable bonds is 3. The molecule has 0 saturated heterocycles. The molecule has 0 amide bonds. The van der Waals surface area contributed by atoms with Crippen LogP contribution in [0.4, 0.5) is 0 Å². The van der Waals surface area contributed by atoms with Gasteiger partial charge < -0.3 is 4.98 Å². The molecule has 3 nitrogen and oxygen atoms in total. The Morgan fingerprint density at radius 3 is 2.92 bits per heavy atom. The Balaban J connectivity index is 2.00. The van der Waals surface area contributed by atoms with Gasteiger partial charge in [0.1, 0.15) is 0 Å². The van der Waals surface area contributed by atoms with Crippen molar-refractivity contribution >= 4 is 51.6 Å². The van der Waals surface area contributed by atoms with Crippen LogP contribution in [0, 0.1) is 0 Å². The average molecular weight is 411 g/mol. The fraction of sp³-hybridized carbons (Fsp3) is 0.100. The Labute approximate surface area is 157 Å². The molecule has 1 aliphatic rings. The van der Waals surface area contributed by atoms with Crippen LogP contribution < -0.4 is 16.1 Å². The zero-order valence-corrected chi connectivity index (χ0v) is 15.7. The minimum Gasteiger partial charge on any atom is -0.322 e. The van der Waals surface area contributed by atoms with Crippen LogP contribution in [-0.2, 0) is 0 Å². The standard InChI is InChI=1S/C20H15BrN2OS/c21-13-6-9-17-16(12-13)15(8-7-14-4-1-2-10-22-14)19(20(24)23-17)18-5-3-11-25-18/h1-5,7-13H,6H2,(H,23,24)/b8-7+. The van der Waals surface area contributed by atoms with Crippen LogP contribution in [0.2, 0.25) is 0 Å². The van der Waals surface area contributed by atoms with Gasteiger partial charge in [-0.3, -0.25) is 9.78 Å². The van der Waals surface area contributed by atoms with Crippen LogP contribution in [0.15, 0.2) is 46.7 Å². The van der Waals surface area contributed by atoms with Crippen molar-refractivity contribution in [2.75, 3.05) is 0 Å². The van der Waals surface area contributed by atoms with E-state index in [1.165, 1.54) is 0 Å². The third-order valence-corrected chi connectivity index (χ3v) is 5.62. The molecule has 0 radical (unpaired) electrons. The molecule has 5 heteroatoms. The van der Waals surface area contributed by atoms with E-state index in [4.69, 9.17) is 0 Å². The highest BCUT2D eigenvalue weighted by Gasteiger charge is 2.14. The number of hydrogen-bond donors (Lipinski definition) is 1. The van der Waals surface area contributed by atoms with E-state index in [-0.39, 0.29) is 10.4 Å². The second-order valence-electron chi connectivity index (χ2n) is 5.76. The molecular formula is C20H15BrN2OS. The highest BCUT2D eigenvalue weighted by atomic mass is 79.9. The Kier molecular flexibility index (Phi) is 4.51. The molecular weight excluding hydrogens is 396 g/mol. The van der Waals surface area contributed by atoms with Crippen LogP contribution >= 0.6 is 27.3 Å². The lowest BCUT2D eigenvalue weighted by Crippen LogP contribution is -2.40. The maximum absolute atomic E-state index is 12.8. The van der Waals surface area contributed by atoms with E-state index in [0.29, 0.717) is 5.56 Å². The van der Waals surface area contributed by atoms with Crippen LogP contribution in [-0.4, -0.2) is 14.8 Å². The maximum Gasteiger partial charge on any atom is 0.257 e. The van der Waals surface area contributed by atoms with Gasteiger partial charge in [0.05, 0.1) is 11.3 Å². The predicted molar refractivity (Wildman–Crippen MR) is 109 cm³/mol. The van der Waals surface area contributed by atoms with Crippen molar-refractivity contribution in [3.8, 4) is 10.4 Å². The zero-order chi connectivity index (χ0) is 17.2. The van der Waals surface area contributed by atoms with Gasteiger partial charge in [0.15, 0.2) is 0 Å². The van der Waals surface area contributed by atoms with Crippen molar-refractivity contribution in [1.29, 1.82) is 0 Å². The van der Waals surface area contributed by atoms with Gasteiger partial charge in [0.25, 0.3) is 5.56 Å². The van der Waals surface area contributed by atoms with Crippen molar-refractivity contribution < 1.29 is 0 Å². The smallest absolute Gasteiger partial charge is 0.257 e. The first-order chi connectivity index (χ1) is 12.2. The maximum atomic E-state index is 12.8. The topological polar surface area (TPSA) is 45.8 Å². The van der Waals surface area contributed by atoms with Crippen LogP contribution in [0.25, 0.3) is 34.7 Å². The van der Waals surface area contributed by atoms with Gasteiger partial charge in [-0.05, 0) is 41.6 Å². The van der Waals surface area contributed by atoms with Gasteiger partial charge in [-0.15, -0.1) is 11.3 Å². The van der Waals surface area contributed by atoms with Crippen LogP contribution in [0.3, 0.4) is 0 Å². The van der Waals surface area contributed by atoms with Crippen molar-refractivity contribution in [3.63, 3.8) is 0 Å². The number of hydrogen-bond acceptors (Lipinski definition) is 3. The van der Waals surface area contributed by atoms with Crippen molar-refractivity contribution in [2.24, 2.45) is 0 Å². The third-order valence-electron chi connectivity index (χ3n) is 4.10. The number of nitrogens with zero attached hydrogens (tertiary/aromatic N) is 1. The Morgan fingerprint density at radius 1 is 1.24 bits per heavy atom. The third kappa shape index (κ3) is 3.30. The highest BCUT2D eigenvalue weighted by Crippen LogP contribution is 2.24. The molecule has 0 saturated carbocycles. The Bertz CT molecular complexity index is 1100. The summed E-state index contributed by atoms with van der Waals surface area (Å²) in [5.41, 5.74) is 2.46. The zero-order valence-electron chi connectivity index (χ0n) is 13.3. The quantitative estimate of drug-likeness (QED) is 0.672. The predicted octanol–water partition coefficient (Wildman–Crippen LogP) is 3.40. The van der Waals surface area contributed by atoms with Crippen molar-refractivity contribution in [1.82, 2.24) is 9.97 Å². The number of thiophene rings is 1. The lowest BCUT2D eigenvalue weighted by atomic mass is 10.0. The lowest BCUT2D eigenvalue weighted by Gasteiger charge is -2.11. The van der Waals surface area contributed by atoms with E-state index < -0.39 is 0 Å². The molecule has 0 aliphatic heterocycles. The number of H-pyrrole nitrogens is 1. The van der Waals surface area contributed by atoms with E-state index in [2.05, 4.69) is 38.0 Å². The highest BCUT2D eigenvalue weighted by molar-refractivity contribution is 9.09. The fourth-order valence-electron chi connectivity index (χ4n) is 2.96. The van der Waals surface area contributed by atoms with E-state index in [1.54, 1.807) is 17.5 Å². The van der Waals surface area contributed by atoms with Crippen LogP contribution in [0.1, 0.15) is 17.7 Å². The first-order valence-corrected chi connectivity index (χ1v) is 9.77. The average Bonchev–Trinajstić information content (AvgIpc) is 3.15. The molecule has 1 unspecified atom stereocenters. The molecule has 4 rings (SSSR count). The monoisotopic (exact) mass is 410 g/mol. The normalized spacial score (nSPS) is 16.3. The number of alkyl halides is 1. The second kappa shape index (κ2) is 6.94. The summed E-state index contributed by atoms with van der Waals surface area (Å²) in [6, 6.07) is 9.74. The molecule has 1 N–H and O–H groups in total. The summed E-state index contributed by atoms with van der Waals surface area (Å²) in [5.74, 6) is 0. The molecule has 0 aromatic carbocycles. The summed E-state index contributed by atoms with van der Waals surface area (Å²) in [4.78, 5) is 21.4. The van der Waals surface area contributed by atoms with Crippen LogP contribution in [0.5, 0.6) is 0 Å². The van der Waals surface area contributed by atoms with Crippen molar-refractivity contribution in [3.05, 3.63) is 74.1 Å². The Hall–Kier alpha value is -2.24. The van der Waals surface area contributed by atoms with Gasteiger partial charge in [0, 0.05) is 26.5 Å². The number of halogens is 1. The minimum atomic E-state index is -0.0560. The first kappa shape index (κ1) is 16.2. The molecule has 3 aromatic rings. The molecule has 0 bridgehead atoms. The molecule has 3 aromatic heterocycles. The number of pyridine rings is 2.